The molecule has 128 valence electrons. The second-order valence-electron chi connectivity index (χ2n) is 5.88. The van der Waals surface area contributed by atoms with Gasteiger partial charge in [-0.1, -0.05) is 6.07 Å². The molecule has 0 aliphatic heterocycles. The molecule has 0 aliphatic carbocycles. The van der Waals surface area contributed by atoms with Gasteiger partial charge < -0.3 is 10.2 Å². The molecule has 2 heterocycles. The van der Waals surface area contributed by atoms with Crippen molar-refractivity contribution < 1.29 is 4.79 Å². The number of aryl methyl sites for hydroxylation is 1. The molecule has 0 saturated carbocycles. The van der Waals surface area contributed by atoms with Crippen LogP contribution in [0.4, 0.5) is 5.69 Å². The monoisotopic (exact) mass is 336 g/mol. The number of hydrogen-bond acceptors (Lipinski definition) is 5. The van der Waals surface area contributed by atoms with Gasteiger partial charge in [0, 0.05) is 56.5 Å². The molecule has 0 bridgehead atoms. The van der Waals surface area contributed by atoms with E-state index in [9.17, 15) is 4.79 Å². The molecule has 0 radical (unpaired) electrons. The first-order chi connectivity index (χ1) is 12.0. The third-order valence-corrected chi connectivity index (χ3v) is 3.79. The van der Waals surface area contributed by atoms with E-state index in [2.05, 4.69) is 20.4 Å². The topological polar surface area (TPSA) is 75.9 Å². The fraction of sp³-hybridized carbons (Fsp3) is 0.222. The van der Waals surface area contributed by atoms with Crippen LogP contribution in [0.25, 0.3) is 11.3 Å². The van der Waals surface area contributed by atoms with Crippen molar-refractivity contribution >= 4 is 11.6 Å². The van der Waals surface area contributed by atoms with E-state index < -0.39 is 0 Å². The highest BCUT2D eigenvalue weighted by Gasteiger charge is 2.12. The van der Waals surface area contributed by atoms with Crippen molar-refractivity contribution in [2.75, 3.05) is 19.0 Å². The van der Waals surface area contributed by atoms with E-state index in [0.717, 1.165) is 16.9 Å². The predicted octanol–water partition coefficient (Wildman–Crippen LogP) is 1.87. The van der Waals surface area contributed by atoms with Crippen molar-refractivity contribution in [2.24, 2.45) is 7.05 Å². The van der Waals surface area contributed by atoms with Gasteiger partial charge in [-0.05, 0) is 18.2 Å². The molecular weight excluding hydrogens is 316 g/mol. The Morgan fingerprint density at radius 3 is 2.76 bits per heavy atom. The smallest absolute Gasteiger partial charge is 0.251 e. The van der Waals surface area contributed by atoms with Gasteiger partial charge in [0.15, 0.2) is 0 Å². The fourth-order valence-electron chi connectivity index (χ4n) is 2.47. The van der Waals surface area contributed by atoms with Gasteiger partial charge in [0.05, 0.1) is 24.1 Å². The van der Waals surface area contributed by atoms with Gasteiger partial charge in [0.25, 0.3) is 5.91 Å². The van der Waals surface area contributed by atoms with E-state index in [0.29, 0.717) is 17.8 Å². The quantitative estimate of drug-likeness (QED) is 0.770. The molecule has 0 fully saturated rings. The van der Waals surface area contributed by atoms with Crippen LogP contribution < -0.4 is 10.2 Å². The molecular formula is C18H20N6O. The van der Waals surface area contributed by atoms with Crippen LogP contribution in [0.1, 0.15) is 16.1 Å². The van der Waals surface area contributed by atoms with Crippen molar-refractivity contribution in [1.29, 1.82) is 0 Å². The number of benzene rings is 1. The van der Waals surface area contributed by atoms with Crippen LogP contribution in [0.3, 0.4) is 0 Å². The van der Waals surface area contributed by atoms with Crippen LogP contribution in [0.15, 0.2) is 49.1 Å². The Balaban J connectivity index is 1.76. The number of rotatable bonds is 5. The highest BCUT2D eigenvalue weighted by Crippen LogP contribution is 2.19. The Hall–Kier alpha value is -3.22. The summed E-state index contributed by atoms with van der Waals surface area (Å²) in [6.45, 7) is 0.295. The van der Waals surface area contributed by atoms with Crippen molar-refractivity contribution in [2.45, 2.75) is 6.54 Å². The number of aromatic nitrogens is 4. The fourth-order valence-corrected chi connectivity index (χ4v) is 2.47. The second kappa shape index (κ2) is 7.12. The first-order valence-electron chi connectivity index (χ1n) is 7.89. The summed E-state index contributed by atoms with van der Waals surface area (Å²) in [4.78, 5) is 23.1. The van der Waals surface area contributed by atoms with Crippen LogP contribution in [0, 0.1) is 0 Å². The van der Waals surface area contributed by atoms with Gasteiger partial charge >= 0.3 is 0 Å². The maximum absolute atomic E-state index is 12.5. The first-order valence-corrected chi connectivity index (χ1v) is 7.89. The number of hydrogen-bond donors (Lipinski definition) is 1. The predicted molar refractivity (Wildman–Crippen MR) is 96.2 cm³/mol. The van der Waals surface area contributed by atoms with Crippen LogP contribution in [-0.2, 0) is 13.6 Å². The highest BCUT2D eigenvalue weighted by atomic mass is 16.1. The number of nitrogens with one attached hydrogen (secondary N) is 1. The third-order valence-electron chi connectivity index (χ3n) is 3.79. The van der Waals surface area contributed by atoms with Crippen molar-refractivity contribution in [3.05, 3.63) is 60.3 Å². The molecule has 1 N–H and O–H groups in total. The second-order valence-corrected chi connectivity index (χ2v) is 5.88. The van der Waals surface area contributed by atoms with Crippen LogP contribution in [0.5, 0.6) is 0 Å². The van der Waals surface area contributed by atoms with E-state index >= 15 is 0 Å². The van der Waals surface area contributed by atoms with E-state index in [1.165, 1.54) is 0 Å². The number of carbonyl (C=O) groups excluding carboxylic acids is 1. The normalized spacial score (nSPS) is 10.5. The van der Waals surface area contributed by atoms with Gasteiger partial charge in [-0.15, -0.1) is 0 Å². The van der Waals surface area contributed by atoms with Gasteiger partial charge in [-0.3, -0.25) is 19.4 Å². The minimum absolute atomic E-state index is 0.147. The minimum atomic E-state index is -0.147. The lowest BCUT2D eigenvalue weighted by molar-refractivity contribution is 0.0950. The largest absolute Gasteiger partial charge is 0.378 e. The highest BCUT2D eigenvalue weighted by molar-refractivity contribution is 5.95. The van der Waals surface area contributed by atoms with Crippen LogP contribution >= 0.6 is 0 Å². The van der Waals surface area contributed by atoms with Crippen molar-refractivity contribution in [3.63, 3.8) is 0 Å². The Bertz CT molecular complexity index is 887. The lowest BCUT2D eigenvalue weighted by atomic mass is 10.1. The molecule has 1 amide bonds. The minimum Gasteiger partial charge on any atom is -0.378 e. The van der Waals surface area contributed by atoms with Crippen LogP contribution in [0.2, 0.25) is 0 Å². The number of anilines is 1. The molecule has 0 unspecified atom stereocenters. The summed E-state index contributed by atoms with van der Waals surface area (Å²) in [6, 6.07) is 7.47. The lowest BCUT2D eigenvalue weighted by Gasteiger charge is -2.13. The molecule has 0 saturated heterocycles. The van der Waals surface area contributed by atoms with Gasteiger partial charge in [-0.2, -0.15) is 5.10 Å². The van der Waals surface area contributed by atoms with E-state index in [1.54, 1.807) is 29.3 Å². The van der Waals surface area contributed by atoms with Crippen molar-refractivity contribution in [1.82, 2.24) is 25.1 Å². The summed E-state index contributed by atoms with van der Waals surface area (Å²) in [5.74, 6) is -0.147. The summed E-state index contributed by atoms with van der Waals surface area (Å²) in [5.41, 5.74) is 3.88. The molecule has 7 heteroatoms. The average molecular weight is 336 g/mol. The summed E-state index contributed by atoms with van der Waals surface area (Å²) in [5, 5.41) is 7.07. The Labute approximate surface area is 146 Å². The summed E-state index contributed by atoms with van der Waals surface area (Å²) in [6.07, 6.45) is 6.86. The van der Waals surface area contributed by atoms with E-state index in [4.69, 9.17) is 0 Å². The molecule has 0 spiro atoms. The zero-order valence-electron chi connectivity index (χ0n) is 14.5. The lowest BCUT2D eigenvalue weighted by Crippen LogP contribution is -2.24. The molecule has 1 aromatic carbocycles. The summed E-state index contributed by atoms with van der Waals surface area (Å²) >= 11 is 0. The number of carbonyl (C=O) groups is 1. The van der Waals surface area contributed by atoms with Gasteiger partial charge in [0.1, 0.15) is 0 Å². The van der Waals surface area contributed by atoms with E-state index in [1.807, 2.05) is 50.4 Å². The van der Waals surface area contributed by atoms with Crippen molar-refractivity contribution in [3.8, 4) is 11.3 Å². The van der Waals surface area contributed by atoms with E-state index in [-0.39, 0.29) is 5.91 Å². The number of amides is 1. The molecule has 0 atom stereocenters. The standard InChI is InChI=1S/C18H20N6O/c1-23(2)15-6-4-5-13(9-15)18(25)21-11-16-17(20-8-7-19-16)14-10-22-24(3)12-14/h4-10,12H,11H2,1-3H3,(H,21,25). The van der Waals surface area contributed by atoms with Gasteiger partial charge in [-0.25, -0.2) is 0 Å². The molecule has 3 rings (SSSR count). The SMILES string of the molecule is CN(C)c1cccc(C(=O)NCc2nccnc2-c2cnn(C)c2)c1. The third kappa shape index (κ3) is 3.82. The Kier molecular flexibility index (Phi) is 4.74. The summed E-state index contributed by atoms with van der Waals surface area (Å²) < 4.78 is 1.71. The summed E-state index contributed by atoms with van der Waals surface area (Å²) in [7, 11) is 5.73. The number of nitrogens with zero attached hydrogens (tertiary/aromatic N) is 5. The molecule has 0 aliphatic rings. The molecule has 3 aromatic rings. The van der Waals surface area contributed by atoms with Crippen LogP contribution in [-0.4, -0.2) is 39.8 Å². The zero-order valence-corrected chi connectivity index (χ0v) is 14.5. The molecule has 7 nitrogen and oxygen atoms in total. The first kappa shape index (κ1) is 16.6. The Morgan fingerprint density at radius 2 is 2.04 bits per heavy atom. The zero-order chi connectivity index (χ0) is 17.8. The molecule has 2 aromatic heterocycles. The maximum atomic E-state index is 12.5. The average Bonchev–Trinajstić information content (AvgIpc) is 3.06. The molecule has 25 heavy (non-hydrogen) atoms. The maximum Gasteiger partial charge on any atom is 0.251 e. The Morgan fingerprint density at radius 1 is 1.24 bits per heavy atom. The van der Waals surface area contributed by atoms with Gasteiger partial charge in [0.2, 0.25) is 0 Å².